The first-order chi connectivity index (χ1) is 9.22. The molecule has 0 aliphatic carbocycles. The first-order valence-corrected chi connectivity index (χ1v) is 6.60. The number of rotatable bonds is 2. The summed E-state index contributed by atoms with van der Waals surface area (Å²) in [6.07, 6.45) is 0.903. The van der Waals surface area contributed by atoms with Gasteiger partial charge in [0.15, 0.2) is 4.77 Å². The molecular formula is C15H13FN2S. The first kappa shape index (κ1) is 12.1. The van der Waals surface area contributed by atoms with Crippen molar-refractivity contribution in [3.8, 4) is 5.69 Å². The summed E-state index contributed by atoms with van der Waals surface area (Å²) in [4.78, 5) is 2.95. The summed E-state index contributed by atoms with van der Waals surface area (Å²) in [5.74, 6) is -0.281. The lowest BCUT2D eigenvalue weighted by Crippen LogP contribution is -1.98. The highest BCUT2D eigenvalue weighted by Crippen LogP contribution is 2.24. The predicted octanol–water partition coefficient (Wildman–Crippen LogP) is 4.39. The highest BCUT2D eigenvalue weighted by atomic mass is 32.1. The van der Waals surface area contributed by atoms with Crippen molar-refractivity contribution >= 4 is 23.3 Å². The average Bonchev–Trinajstić information content (AvgIpc) is 2.76. The third-order valence-corrected chi connectivity index (χ3v) is 3.57. The number of aromatic amines is 1. The summed E-state index contributed by atoms with van der Waals surface area (Å²) in [5.41, 5.74) is 3.42. The number of benzene rings is 2. The second-order valence-corrected chi connectivity index (χ2v) is 4.77. The first-order valence-electron chi connectivity index (χ1n) is 6.20. The number of fused-ring (bicyclic) bond motifs is 1. The Kier molecular flexibility index (Phi) is 2.95. The van der Waals surface area contributed by atoms with Crippen LogP contribution in [0.4, 0.5) is 4.39 Å². The lowest BCUT2D eigenvalue weighted by atomic mass is 10.1. The van der Waals surface area contributed by atoms with Crippen LogP contribution in [0.25, 0.3) is 16.7 Å². The normalized spacial score (nSPS) is 11.1. The molecule has 2 aromatic carbocycles. The quantitative estimate of drug-likeness (QED) is 0.686. The van der Waals surface area contributed by atoms with E-state index in [-0.39, 0.29) is 5.82 Å². The van der Waals surface area contributed by atoms with Crippen LogP contribution in [0.15, 0.2) is 42.5 Å². The van der Waals surface area contributed by atoms with Crippen LogP contribution < -0.4 is 0 Å². The van der Waals surface area contributed by atoms with Crippen molar-refractivity contribution in [3.05, 3.63) is 58.6 Å². The number of nitrogens with zero attached hydrogens (tertiary/aromatic N) is 1. The Bertz CT molecular complexity index is 801. The number of hydrogen-bond acceptors (Lipinski definition) is 1. The van der Waals surface area contributed by atoms with Crippen LogP contribution in [0.3, 0.4) is 0 Å². The Labute approximate surface area is 115 Å². The van der Waals surface area contributed by atoms with Crippen molar-refractivity contribution in [1.82, 2.24) is 9.55 Å². The van der Waals surface area contributed by atoms with Crippen LogP contribution >= 0.6 is 12.2 Å². The molecule has 1 aromatic heterocycles. The largest absolute Gasteiger partial charge is 0.328 e. The van der Waals surface area contributed by atoms with E-state index < -0.39 is 0 Å². The minimum absolute atomic E-state index is 0.281. The van der Waals surface area contributed by atoms with Crippen molar-refractivity contribution in [2.45, 2.75) is 13.3 Å². The predicted molar refractivity (Wildman–Crippen MR) is 77.8 cm³/mol. The van der Waals surface area contributed by atoms with Gasteiger partial charge in [0, 0.05) is 0 Å². The van der Waals surface area contributed by atoms with Gasteiger partial charge in [-0.1, -0.05) is 31.2 Å². The average molecular weight is 272 g/mol. The molecule has 19 heavy (non-hydrogen) atoms. The molecule has 0 amide bonds. The van der Waals surface area contributed by atoms with E-state index in [0.29, 0.717) is 10.3 Å². The summed E-state index contributed by atoms with van der Waals surface area (Å²) in [7, 11) is 0. The number of H-pyrrole nitrogens is 1. The molecule has 2 nitrogen and oxygen atoms in total. The topological polar surface area (TPSA) is 20.7 Å². The van der Waals surface area contributed by atoms with Gasteiger partial charge in [0.2, 0.25) is 0 Å². The third-order valence-electron chi connectivity index (χ3n) is 3.28. The molecule has 3 rings (SSSR count). The van der Waals surface area contributed by atoms with Gasteiger partial charge < -0.3 is 4.98 Å². The van der Waals surface area contributed by atoms with Crippen molar-refractivity contribution in [2.75, 3.05) is 0 Å². The molecule has 1 heterocycles. The van der Waals surface area contributed by atoms with Gasteiger partial charge in [0.25, 0.3) is 0 Å². The van der Waals surface area contributed by atoms with E-state index >= 15 is 0 Å². The molecule has 0 fully saturated rings. The van der Waals surface area contributed by atoms with Crippen LogP contribution in [-0.4, -0.2) is 9.55 Å². The third kappa shape index (κ3) is 1.88. The fraction of sp³-hybridized carbons (Fsp3) is 0.133. The Morgan fingerprint density at radius 2 is 1.95 bits per heavy atom. The van der Waals surface area contributed by atoms with E-state index in [0.717, 1.165) is 17.6 Å². The van der Waals surface area contributed by atoms with Gasteiger partial charge >= 0.3 is 0 Å². The molecular weight excluding hydrogens is 259 g/mol. The minimum atomic E-state index is -0.281. The molecule has 0 spiro atoms. The zero-order chi connectivity index (χ0) is 13.4. The number of aryl methyl sites for hydroxylation is 1. The maximum atomic E-state index is 13.8. The molecule has 0 aliphatic rings. The number of nitrogens with one attached hydrogen (secondary N) is 1. The number of halogens is 1. The van der Waals surface area contributed by atoms with Crippen LogP contribution in [-0.2, 0) is 6.42 Å². The standard InChI is InChI=1S/C15H13FN2S/c1-2-10-6-3-4-8-12(10)18-13-9-5-7-11(16)14(13)17-15(18)19/h3-9H,2H2,1H3,(H,17,19). The van der Waals surface area contributed by atoms with Crippen LogP contribution in [0.1, 0.15) is 12.5 Å². The summed E-state index contributed by atoms with van der Waals surface area (Å²) >= 11 is 5.34. The number of aromatic nitrogens is 2. The molecule has 96 valence electrons. The van der Waals surface area contributed by atoms with E-state index in [9.17, 15) is 4.39 Å². The lowest BCUT2D eigenvalue weighted by molar-refractivity contribution is 0.637. The Morgan fingerprint density at radius 1 is 1.16 bits per heavy atom. The molecule has 0 atom stereocenters. The van der Waals surface area contributed by atoms with Gasteiger partial charge in [-0.2, -0.15) is 0 Å². The summed E-state index contributed by atoms with van der Waals surface area (Å²) in [6, 6.07) is 13.0. The van der Waals surface area contributed by atoms with Crippen LogP contribution in [0, 0.1) is 10.6 Å². The van der Waals surface area contributed by atoms with E-state index in [1.165, 1.54) is 11.6 Å². The second-order valence-electron chi connectivity index (χ2n) is 4.38. The summed E-state index contributed by atoms with van der Waals surface area (Å²) in [6.45, 7) is 2.10. The fourth-order valence-electron chi connectivity index (χ4n) is 2.36. The van der Waals surface area contributed by atoms with Crippen molar-refractivity contribution in [2.24, 2.45) is 0 Å². The summed E-state index contributed by atoms with van der Waals surface area (Å²) in [5, 5.41) is 0. The maximum Gasteiger partial charge on any atom is 0.182 e. The molecule has 0 saturated carbocycles. The number of para-hydroxylation sites is 2. The van der Waals surface area contributed by atoms with Crippen molar-refractivity contribution in [3.63, 3.8) is 0 Å². The van der Waals surface area contributed by atoms with Crippen LogP contribution in [0.2, 0.25) is 0 Å². The van der Waals surface area contributed by atoms with Gasteiger partial charge in [-0.3, -0.25) is 4.57 Å². The molecule has 0 aliphatic heterocycles. The van der Waals surface area contributed by atoms with E-state index in [2.05, 4.69) is 18.0 Å². The van der Waals surface area contributed by atoms with Gasteiger partial charge in [0.1, 0.15) is 11.3 Å². The number of imidazole rings is 1. The molecule has 0 unspecified atom stereocenters. The highest BCUT2D eigenvalue weighted by Gasteiger charge is 2.11. The molecule has 0 bridgehead atoms. The molecule has 1 N–H and O–H groups in total. The van der Waals surface area contributed by atoms with Gasteiger partial charge in [-0.15, -0.1) is 0 Å². The van der Waals surface area contributed by atoms with Crippen LogP contribution in [0.5, 0.6) is 0 Å². The fourth-order valence-corrected chi connectivity index (χ4v) is 2.66. The maximum absolute atomic E-state index is 13.8. The summed E-state index contributed by atoms with van der Waals surface area (Å²) < 4.78 is 16.2. The smallest absolute Gasteiger partial charge is 0.182 e. The van der Waals surface area contributed by atoms with Gasteiger partial charge in [0.05, 0.1) is 11.2 Å². The van der Waals surface area contributed by atoms with E-state index in [1.54, 1.807) is 6.07 Å². The zero-order valence-corrected chi connectivity index (χ0v) is 11.3. The highest BCUT2D eigenvalue weighted by molar-refractivity contribution is 7.71. The van der Waals surface area contributed by atoms with Crippen molar-refractivity contribution < 1.29 is 4.39 Å². The lowest BCUT2D eigenvalue weighted by Gasteiger charge is -2.09. The molecule has 3 aromatic rings. The van der Waals surface area contributed by atoms with Gasteiger partial charge in [-0.05, 0) is 42.4 Å². The Morgan fingerprint density at radius 3 is 2.74 bits per heavy atom. The van der Waals surface area contributed by atoms with Crippen molar-refractivity contribution in [1.29, 1.82) is 0 Å². The Hall–Kier alpha value is -1.94. The molecule has 4 heteroatoms. The zero-order valence-electron chi connectivity index (χ0n) is 10.5. The van der Waals surface area contributed by atoms with E-state index in [1.807, 2.05) is 28.8 Å². The minimum Gasteiger partial charge on any atom is -0.328 e. The number of hydrogen-bond donors (Lipinski definition) is 1. The van der Waals surface area contributed by atoms with Gasteiger partial charge in [-0.25, -0.2) is 4.39 Å². The van der Waals surface area contributed by atoms with E-state index in [4.69, 9.17) is 12.2 Å². The Balaban J connectivity index is 2.40. The molecule has 0 saturated heterocycles. The second kappa shape index (κ2) is 4.63. The molecule has 0 radical (unpaired) electrons. The SMILES string of the molecule is CCc1ccccc1-n1c(=S)[nH]c2c(F)cccc21. The monoisotopic (exact) mass is 272 g/mol.